The van der Waals surface area contributed by atoms with E-state index in [0.717, 1.165) is 16.7 Å². The lowest BCUT2D eigenvalue weighted by atomic mass is 10.0. The first-order chi connectivity index (χ1) is 14.8. The Morgan fingerprint density at radius 1 is 1.13 bits per heavy atom. The molecule has 3 heterocycles. The average Bonchev–Trinajstić information content (AvgIpc) is 3.10. The number of hydrogen-bond acceptors (Lipinski definition) is 6. The summed E-state index contributed by atoms with van der Waals surface area (Å²) in [4.78, 5) is 37.6. The van der Waals surface area contributed by atoms with Crippen LogP contribution in [0.1, 0.15) is 35.7 Å². The first-order valence-electron chi connectivity index (χ1n) is 9.76. The number of nitrogens with zero attached hydrogens (tertiary/aromatic N) is 4. The van der Waals surface area contributed by atoms with Gasteiger partial charge in [-0.05, 0) is 38.1 Å². The largest absolute Gasteiger partial charge is 0.443 e. The second-order valence-electron chi connectivity index (χ2n) is 7.73. The maximum absolute atomic E-state index is 12.9. The monoisotopic (exact) mass is 418 g/mol. The van der Waals surface area contributed by atoms with Crippen molar-refractivity contribution >= 4 is 28.7 Å². The molecule has 0 saturated carbocycles. The predicted molar refractivity (Wildman–Crippen MR) is 114 cm³/mol. The molecule has 3 aromatic heterocycles. The fraction of sp³-hybridized carbons (Fsp3) is 0.227. The van der Waals surface area contributed by atoms with Gasteiger partial charge in [-0.3, -0.25) is 14.2 Å². The summed E-state index contributed by atoms with van der Waals surface area (Å²) in [6.07, 6.45) is 2.68. The van der Waals surface area contributed by atoms with E-state index in [2.05, 4.69) is 20.3 Å². The minimum atomic E-state index is -0.930. The van der Waals surface area contributed by atoms with Crippen LogP contribution in [-0.4, -0.2) is 37.0 Å². The summed E-state index contributed by atoms with van der Waals surface area (Å²) in [5.41, 5.74) is 7.95. The van der Waals surface area contributed by atoms with E-state index in [-0.39, 0.29) is 24.6 Å². The first-order valence-corrected chi connectivity index (χ1v) is 9.76. The van der Waals surface area contributed by atoms with Crippen LogP contribution in [0, 0.1) is 0 Å². The Labute approximate surface area is 178 Å². The van der Waals surface area contributed by atoms with Gasteiger partial charge < -0.3 is 15.8 Å². The highest BCUT2D eigenvalue weighted by molar-refractivity contribution is 5.93. The molecule has 1 aromatic carbocycles. The second-order valence-corrected chi connectivity index (χ2v) is 7.73. The highest BCUT2D eigenvalue weighted by atomic mass is 16.6. The van der Waals surface area contributed by atoms with E-state index in [1.54, 1.807) is 26.2 Å². The number of aromatic nitrogens is 4. The number of para-hydroxylation sites is 2. The van der Waals surface area contributed by atoms with Crippen molar-refractivity contribution < 1.29 is 14.3 Å². The molecule has 4 aromatic rings. The summed E-state index contributed by atoms with van der Waals surface area (Å²) in [6.45, 7) is 3.73. The van der Waals surface area contributed by atoms with Gasteiger partial charge in [0.1, 0.15) is 11.3 Å². The van der Waals surface area contributed by atoms with Gasteiger partial charge in [-0.2, -0.15) is 0 Å². The molecule has 0 fully saturated rings. The van der Waals surface area contributed by atoms with Gasteiger partial charge in [-0.1, -0.05) is 18.2 Å². The third kappa shape index (κ3) is 4.45. The maximum Gasteiger partial charge on any atom is 0.405 e. The summed E-state index contributed by atoms with van der Waals surface area (Å²) < 4.78 is 7.05. The molecule has 9 nitrogen and oxygen atoms in total. The van der Waals surface area contributed by atoms with Gasteiger partial charge in [0.05, 0.1) is 29.0 Å². The van der Waals surface area contributed by atoms with Gasteiger partial charge >= 0.3 is 6.09 Å². The van der Waals surface area contributed by atoms with Crippen LogP contribution < -0.4 is 11.1 Å². The Bertz CT molecular complexity index is 1270. The number of amides is 2. The van der Waals surface area contributed by atoms with Crippen LogP contribution in [-0.2, 0) is 17.7 Å². The highest BCUT2D eigenvalue weighted by Crippen LogP contribution is 2.23. The number of carbonyl (C=O) groups excluding carboxylic acids is 2. The van der Waals surface area contributed by atoms with Gasteiger partial charge in [0.15, 0.2) is 5.65 Å². The van der Waals surface area contributed by atoms with Crippen LogP contribution in [0.15, 0.2) is 54.9 Å². The molecule has 0 aliphatic carbocycles. The first kappa shape index (κ1) is 20.3. The Morgan fingerprint density at radius 3 is 2.65 bits per heavy atom. The molecule has 0 radical (unpaired) electrons. The molecule has 0 bridgehead atoms. The zero-order valence-electron chi connectivity index (χ0n) is 17.2. The molecule has 0 aliphatic heterocycles. The van der Waals surface area contributed by atoms with Gasteiger partial charge in [-0.25, -0.2) is 14.8 Å². The summed E-state index contributed by atoms with van der Waals surface area (Å²) >= 11 is 0. The molecular formula is C22H22N6O3. The molecule has 31 heavy (non-hydrogen) atoms. The lowest BCUT2D eigenvalue weighted by molar-refractivity contribution is 0.0454. The van der Waals surface area contributed by atoms with Gasteiger partial charge in [-0.15, -0.1) is 0 Å². The molecule has 0 atom stereocenters. The number of pyridine rings is 1. The van der Waals surface area contributed by atoms with Gasteiger partial charge in [0.2, 0.25) is 0 Å². The number of nitrogens with one attached hydrogen (secondary N) is 1. The van der Waals surface area contributed by atoms with Crippen LogP contribution in [0.25, 0.3) is 16.7 Å². The van der Waals surface area contributed by atoms with E-state index < -0.39 is 11.7 Å². The van der Waals surface area contributed by atoms with E-state index in [9.17, 15) is 9.59 Å². The third-order valence-electron chi connectivity index (χ3n) is 4.72. The van der Waals surface area contributed by atoms with Crippen molar-refractivity contribution in [2.24, 2.45) is 5.73 Å². The molecule has 2 amide bonds. The number of imidazole rings is 1. The zero-order chi connectivity index (χ0) is 22.0. The second kappa shape index (κ2) is 8.02. The number of benzene rings is 1. The van der Waals surface area contributed by atoms with Crippen LogP contribution in [0.2, 0.25) is 0 Å². The van der Waals surface area contributed by atoms with Crippen LogP contribution in [0.5, 0.6) is 0 Å². The summed E-state index contributed by atoms with van der Waals surface area (Å²) in [5.74, 6) is -0.347. The Kier molecular flexibility index (Phi) is 5.24. The zero-order valence-corrected chi connectivity index (χ0v) is 17.2. The minimum Gasteiger partial charge on any atom is -0.443 e. The van der Waals surface area contributed by atoms with Crippen LogP contribution in [0.4, 0.5) is 4.79 Å². The van der Waals surface area contributed by atoms with Crippen molar-refractivity contribution in [1.29, 1.82) is 0 Å². The SMILES string of the molecule is CC(C)(Cc1nc(C(=O)NCc2ccccn2)cn2c1nc1ccccc12)OC(N)=O. The molecule has 4 rings (SSSR count). The molecule has 158 valence electrons. The summed E-state index contributed by atoms with van der Waals surface area (Å²) in [7, 11) is 0. The van der Waals surface area contributed by atoms with Gasteiger partial charge in [0.25, 0.3) is 5.91 Å². The van der Waals surface area contributed by atoms with E-state index in [1.165, 1.54) is 0 Å². The highest BCUT2D eigenvalue weighted by Gasteiger charge is 2.26. The van der Waals surface area contributed by atoms with E-state index in [4.69, 9.17) is 10.5 Å². The van der Waals surface area contributed by atoms with Crippen molar-refractivity contribution in [3.8, 4) is 0 Å². The number of hydrogen-bond donors (Lipinski definition) is 2. The number of fused-ring (bicyclic) bond motifs is 3. The lowest BCUT2D eigenvalue weighted by Gasteiger charge is -2.23. The van der Waals surface area contributed by atoms with E-state index in [0.29, 0.717) is 11.3 Å². The molecule has 0 saturated heterocycles. The standard InChI is InChI=1S/C22H22N6O3/c1-22(2,31-21(23)30)11-16-19-27-15-8-3-4-9-18(15)28(19)13-17(26-16)20(29)25-12-14-7-5-6-10-24-14/h3-10,13H,11-12H2,1-2H3,(H2,23,30)(H,25,29). The Morgan fingerprint density at radius 2 is 1.90 bits per heavy atom. The topological polar surface area (TPSA) is 124 Å². The fourth-order valence-corrected chi connectivity index (χ4v) is 3.43. The number of carbonyl (C=O) groups is 2. The van der Waals surface area contributed by atoms with Crippen molar-refractivity contribution in [2.75, 3.05) is 0 Å². The van der Waals surface area contributed by atoms with Crippen LogP contribution in [0.3, 0.4) is 0 Å². The van der Waals surface area contributed by atoms with E-state index in [1.807, 2.05) is 46.9 Å². The van der Waals surface area contributed by atoms with Crippen LogP contribution >= 0.6 is 0 Å². The number of primary amides is 1. The molecule has 9 heteroatoms. The predicted octanol–water partition coefficient (Wildman–Crippen LogP) is 2.62. The normalized spacial score (nSPS) is 11.5. The number of ether oxygens (including phenoxy) is 1. The van der Waals surface area contributed by atoms with E-state index >= 15 is 0 Å². The molecule has 3 N–H and O–H groups in total. The van der Waals surface area contributed by atoms with Gasteiger partial charge in [0, 0.05) is 18.8 Å². The third-order valence-corrected chi connectivity index (χ3v) is 4.72. The fourth-order valence-electron chi connectivity index (χ4n) is 3.43. The quantitative estimate of drug-likeness (QED) is 0.496. The Hall–Kier alpha value is -4.01. The van der Waals surface area contributed by atoms with Crippen molar-refractivity contribution in [2.45, 2.75) is 32.4 Å². The lowest BCUT2D eigenvalue weighted by Crippen LogP contribution is -2.34. The average molecular weight is 418 g/mol. The molecule has 0 aliphatic rings. The molecular weight excluding hydrogens is 396 g/mol. The summed E-state index contributed by atoms with van der Waals surface area (Å²) in [5, 5.41) is 2.84. The minimum absolute atomic E-state index is 0.219. The smallest absolute Gasteiger partial charge is 0.405 e. The maximum atomic E-state index is 12.9. The number of rotatable bonds is 6. The van der Waals surface area contributed by atoms with Crippen molar-refractivity contribution in [3.63, 3.8) is 0 Å². The number of nitrogens with two attached hydrogens (primary N) is 1. The van der Waals surface area contributed by atoms with Crippen molar-refractivity contribution in [1.82, 2.24) is 24.7 Å². The molecule has 0 spiro atoms. The molecule has 0 unspecified atom stereocenters. The summed E-state index contributed by atoms with van der Waals surface area (Å²) in [6, 6.07) is 13.1. The van der Waals surface area contributed by atoms with Crippen molar-refractivity contribution in [3.05, 3.63) is 71.9 Å². The Balaban J connectivity index is 1.74.